The van der Waals surface area contributed by atoms with Crippen molar-refractivity contribution in [3.05, 3.63) is 0 Å². The van der Waals surface area contributed by atoms with Gasteiger partial charge < -0.3 is 5.73 Å². The maximum absolute atomic E-state index is 11.8. The Morgan fingerprint density at radius 1 is 1.43 bits per heavy atom. The zero-order chi connectivity index (χ0) is 11.5. The number of hydrogen-bond donors (Lipinski definition) is 1. The first-order valence-electron chi connectivity index (χ1n) is 4.44. The Labute approximate surface area is 91.5 Å². The number of sulfonamides is 1. The lowest BCUT2D eigenvalue weighted by molar-refractivity contribution is 0.415. The van der Waals surface area contributed by atoms with Crippen LogP contribution < -0.4 is 5.73 Å². The molecule has 14 heavy (non-hydrogen) atoms. The molecule has 0 rings (SSSR count). The fourth-order valence-electron chi connectivity index (χ4n) is 1.03. The quantitative estimate of drug-likeness (QED) is 0.712. The number of nitrogens with zero attached hydrogens (tertiary/aromatic N) is 1. The Bertz CT molecular complexity index is 298. The Hall–Kier alpha value is -0.200. The summed E-state index contributed by atoms with van der Waals surface area (Å²) in [7, 11) is -1.82. The summed E-state index contributed by atoms with van der Waals surface area (Å²) in [6, 6.07) is 0. The SMILES string of the molecule is CC(C)CN(C)S(=O)(=O)C(C)C(N)=S. The minimum Gasteiger partial charge on any atom is -0.392 e. The Morgan fingerprint density at radius 2 is 1.86 bits per heavy atom. The standard InChI is InChI=1S/C8H18N2O2S2/c1-6(2)5-10(4)14(11,12)7(3)8(9)13/h6-7H,5H2,1-4H3,(H2,9,13). The highest BCUT2D eigenvalue weighted by Crippen LogP contribution is 2.09. The van der Waals surface area contributed by atoms with E-state index in [9.17, 15) is 8.42 Å². The average Bonchev–Trinajstić information content (AvgIpc) is 2.01. The Balaban J connectivity index is 4.70. The number of rotatable bonds is 5. The van der Waals surface area contributed by atoms with Gasteiger partial charge in [-0.3, -0.25) is 0 Å². The summed E-state index contributed by atoms with van der Waals surface area (Å²) in [5.41, 5.74) is 5.32. The molecule has 0 aromatic rings. The monoisotopic (exact) mass is 238 g/mol. The minimum atomic E-state index is -3.37. The molecule has 0 saturated carbocycles. The first kappa shape index (κ1) is 13.8. The van der Waals surface area contributed by atoms with E-state index in [0.717, 1.165) is 0 Å². The van der Waals surface area contributed by atoms with Crippen LogP contribution in [0.4, 0.5) is 0 Å². The van der Waals surface area contributed by atoms with E-state index in [2.05, 4.69) is 12.2 Å². The summed E-state index contributed by atoms with van der Waals surface area (Å²) in [5.74, 6) is 0.285. The topological polar surface area (TPSA) is 63.4 Å². The molecule has 0 spiro atoms. The smallest absolute Gasteiger partial charge is 0.222 e. The summed E-state index contributed by atoms with van der Waals surface area (Å²) in [5, 5.41) is -0.791. The van der Waals surface area contributed by atoms with Gasteiger partial charge >= 0.3 is 0 Å². The second-order valence-electron chi connectivity index (χ2n) is 3.76. The van der Waals surface area contributed by atoms with Crippen LogP contribution in [0.25, 0.3) is 0 Å². The van der Waals surface area contributed by atoms with Crippen LogP contribution in [0.5, 0.6) is 0 Å². The molecule has 0 aliphatic carbocycles. The maximum Gasteiger partial charge on any atom is 0.222 e. The largest absolute Gasteiger partial charge is 0.392 e. The summed E-state index contributed by atoms with van der Waals surface area (Å²) in [6.07, 6.45) is 0. The molecule has 0 saturated heterocycles. The van der Waals surface area contributed by atoms with Crippen molar-refractivity contribution in [1.82, 2.24) is 4.31 Å². The molecular weight excluding hydrogens is 220 g/mol. The lowest BCUT2D eigenvalue weighted by Crippen LogP contribution is -2.42. The van der Waals surface area contributed by atoms with Crippen molar-refractivity contribution >= 4 is 27.2 Å². The molecule has 84 valence electrons. The van der Waals surface area contributed by atoms with Crippen molar-refractivity contribution in [2.75, 3.05) is 13.6 Å². The first-order valence-corrected chi connectivity index (χ1v) is 6.35. The van der Waals surface area contributed by atoms with Crippen LogP contribution in [-0.2, 0) is 10.0 Å². The van der Waals surface area contributed by atoms with E-state index in [0.29, 0.717) is 6.54 Å². The highest BCUT2D eigenvalue weighted by Gasteiger charge is 2.28. The molecule has 0 bridgehead atoms. The van der Waals surface area contributed by atoms with Gasteiger partial charge in [0.15, 0.2) is 0 Å². The van der Waals surface area contributed by atoms with Gasteiger partial charge in [-0.15, -0.1) is 0 Å². The average molecular weight is 238 g/mol. The van der Waals surface area contributed by atoms with Crippen LogP contribution in [0, 0.1) is 5.92 Å². The first-order chi connectivity index (χ1) is 6.19. The van der Waals surface area contributed by atoms with Crippen molar-refractivity contribution in [2.45, 2.75) is 26.0 Å². The summed E-state index contributed by atoms with van der Waals surface area (Å²) in [4.78, 5) is 0.0145. The van der Waals surface area contributed by atoms with Gasteiger partial charge in [-0.1, -0.05) is 26.1 Å². The highest BCUT2D eigenvalue weighted by atomic mass is 32.2. The van der Waals surface area contributed by atoms with Crippen molar-refractivity contribution in [3.8, 4) is 0 Å². The number of nitrogens with two attached hydrogens (primary N) is 1. The van der Waals surface area contributed by atoms with Crippen LogP contribution in [0.3, 0.4) is 0 Å². The molecule has 0 fully saturated rings. The molecule has 0 radical (unpaired) electrons. The number of thiocarbonyl (C=S) groups is 1. The third-order valence-electron chi connectivity index (χ3n) is 1.90. The van der Waals surface area contributed by atoms with Gasteiger partial charge in [-0.25, -0.2) is 12.7 Å². The predicted octanol–water partition coefficient (Wildman–Crippen LogP) is 0.579. The van der Waals surface area contributed by atoms with Gasteiger partial charge in [0, 0.05) is 13.6 Å². The van der Waals surface area contributed by atoms with Crippen molar-refractivity contribution < 1.29 is 8.42 Å². The molecule has 0 aromatic carbocycles. The van der Waals surface area contributed by atoms with Crippen LogP contribution >= 0.6 is 12.2 Å². The maximum atomic E-state index is 11.8. The van der Waals surface area contributed by atoms with E-state index in [1.165, 1.54) is 11.2 Å². The van der Waals surface area contributed by atoms with E-state index >= 15 is 0 Å². The van der Waals surface area contributed by atoms with Gasteiger partial charge in [0.25, 0.3) is 0 Å². The molecule has 1 unspecified atom stereocenters. The Kier molecular flexibility index (Phi) is 4.97. The minimum absolute atomic E-state index is 0.0145. The third-order valence-corrected chi connectivity index (χ3v) is 4.57. The van der Waals surface area contributed by atoms with Crippen LogP contribution in [0.1, 0.15) is 20.8 Å². The number of hydrogen-bond acceptors (Lipinski definition) is 3. The fourth-order valence-corrected chi connectivity index (χ4v) is 2.74. The summed E-state index contributed by atoms with van der Waals surface area (Å²) < 4.78 is 24.8. The van der Waals surface area contributed by atoms with Gasteiger partial charge in [0.2, 0.25) is 10.0 Å². The van der Waals surface area contributed by atoms with Gasteiger partial charge in [-0.05, 0) is 12.8 Å². The molecule has 0 aliphatic heterocycles. The van der Waals surface area contributed by atoms with Crippen LogP contribution in [-0.4, -0.2) is 36.6 Å². The zero-order valence-electron chi connectivity index (χ0n) is 9.02. The second kappa shape index (κ2) is 5.04. The molecule has 1 atom stereocenters. The lowest BCUT2D eigenvalue weighted by Gasteiger charge is -2.22. The van der Waals surface area contributed by atoms with Crippen molar-refractivity contribution in [3.63, 3.8) is 0 Å². The molecule has 2 N–H and O–H groups in total. The lowest BCUT2D eigenvalue weighted by atomic mass is 10.2. The van der Waals surface area contributed by atoms with Crippen molar-refractivity contribution in [2.24, 2.45) is 11.7 Å². The van der Waals surface area contributed by atoms with Gasteiger partial charge in [0.05, 0.1) is 4.99 Å². The van der Waals surface area contributed by atoms with E-state index in [1.807, 2.05) is 13.8 Å². The van der Waals surface area contributed by atoms with E-state index in [-0.39, 0.29) is 10.9 Å². The summed E-state index contributed by atoms with van der Waals surface area (Å²) in [6.45, 7) is 5.90. The zero-order valence-corrected chi connectivity index (χ0v) is 10.7. The third kappa shape index (κ3) is 3.51. The van der Waals surface area contributed by atoms with E-state index < -0.39 is 15.3 Å². The summed E-state index contributed by atoms with van der Waals surface area (Å²) >= 11 is 4.67. The molecule has 0 amide bonds. The molecule has 0 aliphatic rings. The Morgan fingerprint density at radius 3 is 2.14 bits per heavy atom. The molecule has 0 heterocycles. The van der Waals surface area contributed by atoms with Crippen LogP contribution in [0.2, 0.25) is 0 Å². The predicted molar refractivity (Wildman–Crippen MR) is 62.6 cm³/mol. The van der Waals surface area contributed by atoms with E-state index in [4.69, 9.17) is 5.73 Å². The van der Waals surface area contributed by atoms with Gasteiger partial charge in [-0.2, -0.15) is 0 Å². The van der Waals surface area contributed by atoms with Gasteiger partial charge in [0.1, 0.15) is 5.25 Å². The molecule has 4 nitrogen and oxygen atoms in total. The fraction of sp³-hybridized carbons (Fsp3) is 0.875. The molecule has 0 aromatic heterocycles. The molecule has 6 heteroatoms. The van der Waals surface area contributed by atoms with Crippen LogP contribution in [0.15, 0.2) is 0 Å². The van der Waals surface area contributed by atoms with Crippen molar-refractivity contribution in [1.29, 1.82) is 0 Å². The highest BCUT2D eigenvalue weighted by molar-refractivity contribution is 7.92. The second-order valence-corrected chi connectivity index (χ2v) is 6.60. The molecular formula is C8H18N2O2S2. The normalized spacial score (nSPS) is 14.7. The van der Waals surface area contributed by atoms with E-state index in [1.54, 1.807) is 7.05 Å².